The fourth-order valence-electron chi connectivity index (χ4n) is 2.82. The number of ether oxygens (including phenoxy) is 1. The molecule has 4 heteroatoms. The third-order valence-corrected chi connectivity index (χ3v) is 4.57. The maximum absolute atomic E-state index is 11.9. The smallest absolute Gasteiger partial charge is 0.250 e. The first-order valence-corrected chi connectivity index (χ1v) is 9.24. The average molecular weight is 355 g/mol. The molecule has 0 aliphatic heterocycles. The highest BCUT2D eigenvalue weighted by Crippen LogP contribution is 2.28. The van der Waals surface area contributed by atoms with E-state index in [0.29, 0.717) is 11.6 Å². The minimum Gasteiger partial charge on any atom is -0.489 e. The molecule has 0 saturated carbocycles. The molecule has 4 nitrogen and oxygen atoms in total. The zero-order chi connectivity index (χ0) is 19.3. The monoisotopic (exact) mass is 355 g/mol. The van der Waals surface area contributed by atoms with Crippen LogP contribution in [-0.2, 0) is 17.8 Å². The van der Waals surface area contributed by atoms with E-state index in [1.54, 1.807) is 13.0 Å². The summed E-state index contributed by atoms with van der Waals surface area (Å²) in [6.07, 6.45) is 1.22. The van der Waals surface area contributed by atoms with Crippen LogP contribution in [0, 0.1) is 6.92 Å². The summed E-state index contributed by atoms with van der Waals surface area (Å²) < 4.78 is 6.01. The van der Waals surface area contributed by atoms with Crippen LogP contribution in [0.3, 0.4) is 0 Å². The molecule has 0 unspecified atom stereocenters. The van der Waals surface area contributed by atoms with Crippen molar-refractivity contribution in [1.82, 2.24) is 0 Å². The molecule has 0 radical (unpaired) electrons. The van der Waals surface area contributed by atoms with Crippen LogP contribution in [-0.4, -0.2) is 11.1 Å². The van der Waals surface area contributed by atoms with Crippen LogP contribution in [0.4, 0.5) is 5.69 Å². The van der Waals surface area contributed by atoms with Crippen LogP contribution in [0.5, 0.6) is 5.75 Å². The normalized spacial score (nSPS) is 10.9. The van der Waals surface area contributed by atoms with Crippen molar-refractivity contribution >= 4 is 11.6 Å². The first-order valence-electron chi connectivity index (χ1n) is 9.24. The molecule has 0 atom stereocenters. The molecule has 1 amide bonds. The van der Waals surface area contributed by atoms with Gasteiger partial charge in [0.1, 0.15) is 12.4 Å². The van der Waals surface area contributed by atoms with Gasteiger partial charge in [0.05, 0.1) is 5.69 Å². The second kappa shape index (κ2) is 8.86. The lowest BCUT2D eigenvalue weighted by atomic mass is 9.99. The van der Waals surface area contributed by atoms with Crippen molar-refractivity contribution < 1.29 is 14.7 Å². The Kier molecular flexibility index (Phi) is 6.81. The minimum atomic E-state index is -0.341. The minimum absolute atomic E-state index is 0.236. The lowest BCUT2D eigenvalue weighted by molar-refractivity contribution is -0.123. The quantitative estimate of drug-likeness (QED) is 0.535. The first kappa shape index (κ1) is 20.0. The summed E-state index contributed by atoms with van der Waals surface area (Å²) in [5.41, 5.74) is 4.76. The second-order valence-electron chi connectivity index (χ2n) is 6.84. The van der Waals surface area contributed by atoms with Gasteiger partial charge in [-0.3, -0.25) is 10.0 Å². The molecule has 140 valence electrons. The van der Waals surface area contributed by atoms with Crippen molar-refractivity contribution in [1.29, 1.82) is 0 Å². The second-order valence-corrected chi connectivity index (χ2v) is 6.84. The van der Waals surface area contributed by atoms with Crippen LogP contribution in [0.1, 0.15) is 62.3 Å². The van der Waals surface area contributed by atoms with E-state index in [4.69, 9.17) is 4.74 Å². The summed E-state index contributed by atoms with van der Waals surface area (Å²) in [5.74, 6) is 0.823. The zero-order valence-electron chi connectivity index (χ0n) is 16.4. The van der Waals surface area contributed by atoms with Gasteiger partial charge in [-0.2, -0.15) is 5.06 Å². The van der Waals surface area contributed by atoms with Gasteiger partial charge in [-0.05, 0) is 54.2 Å². The number of rotatable bonds is 7. The van der Waals surface area contributed by atoms with E-state index in [-0.39, 0.29) is 18.9 Å². The number of hydroxylamine groups is 1. The summed E-state index contributed by atoms with van der Waals surface area (Å²) >= 11 is 0. The molecule has 26 heavy (non-hydrogen) atoms. The topological polar surface area (TPSA) is 49.8 Å². The molecule has 2 aromatic carbocycles. The Morgan fingerprint density at radius 2 is 1.88 bits per heavy atom. The molecule has 0 heterocycles. The molecule has 0 fully saturated rings. The average Bonchev–Trinajstić information content (AvgIpc) is 2.65. The molecule has 0 bridgehead atoms. The molecule has 0 aliphatic carbocycles. The molecule has 0 saturated heterocycles. The van der Waals surface area contributed by atoms with E-state index in [1.165, 1.54) is 5.56 Å². The number of hydrogen-bond donors (Lipinski definition) is 1. The number of hydrogen-bond acceptors (Lipinski definition) is 3. The van der Waals surface area contributed by atoms with Gasteiger partial charge in [0.25, 0.3) is 0 Å². The molecule has 2 rings (SSSR count). The van der Waals surface area contributed by atoms with Crippen LogP contribution in [0.25, 0.3) is 0 Å². The van der Waals surface area contributed by atoms with Gasteiger partial charge >= 0.3 is 0 Å². The Labute approximate surface area is 156 Å². The summed E-state index contributed by atoms with van der Waals surface area (Å²) in [7, 11) is 0. The van der Waals surface area contributed by atoms with Gasteiger partial charge in [0, 0.05) is 12.0 Å². The summed E-state index contributed by atoms with van der Waals surface area (Å²) in [4.78, 5) is 11.9. The van der Waals surface area contributed by atoms with Crippen molar-refractivity contribution in [2.45, 2.75) is 60.0 Å². The molecule has 2 aromatic rings. The number of carbonyl (C=O) groups excluding carboxylic acids is 1. The lowest BCUT2D eigenvalue weighted by Gasteiger charge is -2.20. The van der Waals surface area contributed by atoms with Crippen molar-refractivity contribution in [3.05, 3.63) is 58.7 Å². The standard InChI is InChI=1S/C22H29NO3/c1-6-17-8-11-21(16(5)12-17)26-14-19-13-18(15(3)4)9-10-20(19)23(25)22(24)7-2/h8-13,15,25H,6-7,14H2,1-5H3. The Bertz CT molecular complexity index is 768. The maximum atomic E-state index is 11.9. The molecule has 1 N–H and O–H groups in total. The van der Waals surface area contributed by atoms with Crippen molar-refractivity contribution in [2.75, 3.05) is 5.06 Å². The van der Waals surface area contributed by atoms with Crippen LogP contribution in [0.2, 0.25) is 0 Å². The molecule has 0 aliphatic rings. The predicted molar refractivity (Wildman–Crippen MR) is 105 cm³/mol. The van der Waals surface area contributed by atoms with Crippen molar-refractivity contribution in [2.24, 2.45) is 0 Å². The van der Waals surface area contributed by atoms with E-state index < -0.39 is 0 Å². The number of aryl methyl sites for hydroxylation is 2. The SMILES string of the molecule is CCC(=O)N(O)c1ccc(C(C)C)cc1COc1ccc(CC)cc1C. The highest BCUT2D eigenvalue weighted by molar-refractivity contribution is 5.91. The fraction of sp³-hybridized carbons (Fsp3) is 0.409. The van der Waals surface area contributed by atoms with Gasteiger partial charge in [-0.15, -0.1) is 0 Å². The number of nitrogens with zero attached hydrogens (tertiary/aromatic N) is 1. The third-order valence-electron chi connectivity index (χ3n) is 4.57. The highest BCUT2D eigenvalue weighted by Gasteiger charge is 2.17. The fourth-order valence-corrected chi connectivity index (χ4v) is 2.82. The molecular weight excluding hydrogens is 326 g/mol. The van der Waals surface area contributed by atoms with E-state index in [2.05, 4.69) is 32.9 Å². The van der Waals surface area contributed by atoms with E-state index in [1.807, 2.05) is 25.1 Å². The summed E-state index contributed by atoms with van der Waals surface area (Å²) in [6.45, 7) is 10.4. The van der Waals surface area contributed by atoms with Gasteiger partial charge < -0.3 is 4.74 Å². The Morgan fingerprint density at radius 3 is 2.46 bits per heavy atom. The summed E-state index contributed by atoms with van der Waals surface area (Å²) in [6, 6.07) is 11.9. The number of amides is 1. The molecule has 0 aromatic heterocycles. The molecule has 0 spiro atoms. The Balaban J connectivity index is 2.30. The lowest BCUT2D eigenvalue weighted by Crippen LogP contribution is -2.27. The zero-order valence-corrected chi connectivity index (χ0v) is 16.4. The van der Waals surface area contributed by atoms with Crippen LogP contribution in [0.15, 0.2) is 36.4 Å². The van der Waals surface area contributed by atoms with E-state index in [9.17, 15) is 10.0 Å². The third kappa shape index (κ3) is 4.64. The van der Waals surface area contributed by atoms with Gasteiger partial charge in [-0.25, -0.2) is 0 Å². The predicted octanol–water partition coefficient (Wildman–Crippen LogP) is 5.39. The first-order chi connectivity index (χ1) is 12.4. The van der Waals surface area contributed by atoms with Gasteiger partial charge in [-0.1, -0.05) is 45.9 Å². The number of anilines is 1. The van der Waals surface area contributed by atoms with Gasteiger partial charge in [0.15, 0.2) is 0 Å². The van der Waals surface area contributed by atoms with Crippen molar-refractivity contribution in [3.8, 4) is 5.75 Å². The number of carbonyl (C=O) groups is 1. The Hall–Kier alpha value is -2.33. The van der Waals surface area contributed by atoms with Gasteiger partial charge in [0.2, 0.25) is 5.91 Å². The van der Waals surface area contributed by atoms with E-state index in [0.717, 1.165) is 33.9 Å². The Morgan fingerprint density at radius 1 is 1.15 bits per heavy atom. The largest absolute Gasteiger partial charge is 0.489 e. The highest BCUT2D eigenvalue weighted by atomic mass is 16.5. The summed E-state index contributed by atoms with van der Waals surface area (Å²) in [5, 5.41) is 11.0. The van der Waals surface area contributed by atoms with Crippen LogP contribution >= 0.6 is 0 Å². The maximum Gasteiger partial charge on any atom is 0.250 e. The molecular formula is C22H29NO3. The number of benzene rings is 2. The van der Waals surface area contributed by atoms with Crippen LogP contribution < -0.4 is 9.80 Å². The van der Waals surface area contributed by atoms with E-state index >= 15 is 0 Å². The van der Waals surface area contributed by atoms with Crippen molar-refractivity contribution in [3.63, 3.8) is 0 Å².